The highest BCUT2D eigenvalue weighted by atomic mass is 79.9. The van der Waals surface area contributed by atoms with E-state index in [9.17, 15) is 8.78 Å². The van der Waals surface area contributed by atoms with Crippen molar-refractivity contribution in [3.05, 3.63) is 35.4 Å². The van der Waals surface area contributed by atoms with Gasteiger partial charge in [0.1, 0.15) is 0 Å². The number of halogens is 3. The Morgan fingerprint density at radius 2 is 1.93 bits per heavy atom. The van der Waals surface area contributed by atoms with Gasteiger partial charge in [-0.2, -0.15) is 0 Å². The Balaban J connectivity index is 2.73. The molecule has 0 nitrogen and oxygen atoms in total. The standard InChI is InChI=1S/C12H15BrF2/c1-3-8(2)6-10(13)9-4-5-11(14)12(15)7-9/h4-5,7-8,10H,3,6H2,1-2H3. The molecule has 1 rings (SSSR count). The topological polar surface area (TPSA) is 0 Å². The van der Waals surface area contributed by atoms with Gasteiger partial charge >= 0.3 is 0 Å². The van der Waals surface area contributed by atoms with E-state index >= 15 is 0 Å². The summed E-state index contributed by atoms with van der Waals surface area (Å²) in [6.07, 6.45) is 2.02. The molecule has 0 aliphatic heterocycles. The van der Waals surface area contributed by atoms with Crippen molar-refractivity contribution in [3.8, 4) is 0 Å². The van der Waals surface area contributed by atoms with Gasteiger partial charge in [-0.1, -0.05) is 42.3 Å². The van der Waals surface area contributed by atoms with Crippen LogP contribution >= 0.6 is 15.9 Å². The van der Waals surface area contributed by atoms with Gasteiger partial charge in [-0.15, -0.1) is 0 Å². The zero-order valence-corrected chi connectivity index (χ0v) is 10.5. The fraction of sp³-hybridized carbons (Fsp3) is 0.500. The maximum Gasteiger partial charge on any atom is 0.159 e. The third-order valence-electron chi connectivity index (χ3n) is 2.61. The molecule has 0 saturated carbocycles. The molecule has 15 heavy (non-hydrogen) atoms. The molecule has 0 aliphatic rings. The first-order chi connectivity index (χ1) is 7.04. The van der Waals surface area contributed by atoms with Crippen molar-refractivity contribution in [1.29, 1.82) is 0 Å². The molecule has 2 unspecified atom stereocenters. The smallest absolute Gasteiger partial charge is 0.159 e. The minimum atomic E-state index is -0.790. The van der Waals surface area contributed by atoms with E-state index in [1.165, 1.54) is 12.1 Å². The van der Waals surface area contributed by atoms with Crippen LogP contribution in [0.2, 0.25) is 0 Å². The van der Waals surface area contributed by atoms with Crippen molar-refractivity contribution in [3.63, 3.8) is 0 Å². The zero-order valence-electron chi connectivity index (χ0n) is 8.93. The fourth-order valence-electron chi connectivity index (χ4n) is 1.36. The predicted octanol–water partition coefficient (Wildman–Crippen LogP) is 4.84. The van der Waals surface area contributed by atoms with E-state index < -0.39 is 11.6 Å². The number of hydrogen-bond donors (Lipinski definition) is 0. The van der Waals surface area contributed by atoms with E-state index in [2.05, 4.69) is 29.8 Å². The van der Waals surface area contributed by atoms with Crippen molar-refractivity contribution in [1.82, 2.24) is 0 Å². The third kappa shape index (κ3) is 3.56. The van der Waals surface area contributed by atoms with Gasteiger partial charge in [-0.3, -0.25) is 0 Å². The summed E-state index contributed by atoms with van der Waals surface area (Å²) < 4.78 is 25.7. The van der Waals surface area contributed by atoms with Gasteiger partial charge in [-0.05, 0) is 30.0 Å². The molecule has 0 heterocycles. The lowest BCUT2D eigenvalue weighted by molar-refractivity contribution is 0.498. The second kappa shape index (κ2) is 5.59. The summed E-state index contributed by atoms with van der Waals surface area (Å²) in [5, 5.41) is 0. The van der Waals surface area contributed by atoms with Crippen LogP contribution in [-0.2, 0) is 0 Å². The highest BCUT2D eigenvalue weighted by molar-refractivity contribution is 9.09. The minimum absolute atomic E-state index is 0.0996. The Kier molecular flexibility index (Phi) is 4.71. The van der Waals surface area contributed by atoms with Crippen molar-refractivity contribution < 1.29 is 8.78 Å². The Bertz CT molecular complexity index is 325. The van der Waals surface area contributed by atoms with Gasteiger partial charge < -0.3 is 0 Å². The molecule has 0 aromatic heterocycles. The van der Waals surface area contributed by atoms with Crippen LogP contribution in [0.5, 0.6) is 0 Å². The van der Waals surface area contributed by atoms with Gasteiger partial charge in [0.25, 0.3) is 0 Å². The molecule has 0 amide bonds. The van der Waals surface area contributed by atoms with Crippen LogP contribution in [0.1, 0.15) is 37.1 Å². The van der Waals surface area contributed by atoms with Crippen LogP contribution in [0.4, 0.5) is 8.78 Å². The van der Waals surface area contributed by atoms with Gasteiger partial charge in [0.2, 0.25) is 0 Å². The molecule has 84 valence electrons. The molecule has 0 aliphatic carbocycles. The molecule has 1 aromatic carbocycles. The Morgan fingerprint density at radius 3 is 2.47 bits per heavy atom. The van der Waals surface area contributed by atoms with Crippen molar-refractivity contribution in [2.75, 3.05) is 0 Å². The molecule has 0 spiro atoms. The van der Waals surface area contributed by atoms with E-state index in [0.717, 1.165) is 18.4 Å². The maximum absolute atomic E-state index is 13.0. The van der Waals surface area contributed by atoms with Gasteiger partial charge in [0.15, 0.2) is 11.6 Å². The molecular weight excluding hydrogens is 262 g/mol. The van der Waals surface area contributed by atoms with Crippen molar-refractivity contribution >= 4 is 15.9 Å². The van der Waals surface area contributed by atoms with Gasteiger partial charge in [0, 0.05) is 4.83 Å². The third-order valence-corrected chi connectivity index (χ3v) is 3.51. The molecular formula is C12H15BrF2. The lowest BCUT2D eigenvalue weighted by Crippen LogP contribution is -1.99. The Hall–Kier alpha value is -0.440. The number of alkyl halides is 1. The average molecular weight is 277 g/mol. The van der Waals surface area contributed by atoms with Crippen LogP contribution in [0.25, 0.3) is 0 Å². The first-order valence-electron chi connectivity index (χ1n) is 5.13. The van der Waals surface area contributed by atoms with Crippen LogP contribution in [0, 0.1) is 17.6 Å². The first-order valence-corrected chi connectivity index (χ1v) is 6.05. The summed E-state index contributed by atoms with van der Waals surface area (Å²) in [5.41, 5.74) is 0.800. The van der Waals surface area contributed by atoms with Crippen LogP contribution < -0.4 is 0 Å². The van der Waals surface area contributed by atoms with Gasteiger partial charge in [0.05, 0.1) is 0 Å². The molecule has 2 atom stereocenters. The maximum atomic E-state index is 13.0. The summed E-state index contributed by atoms with van der Waals surface area (Å²) in [6.45, 7) is 4.27. The first kappa shape index (κ1) is 12.6. The highest BCUT2D eigenvalue weighted by Gasteiger charge is 2.13. The highest BCUT2D eigenvalue weighted by Crippen LogP contribution is 2.31. The zero-order chi connectivity index (χ0) is 11.4. The van der Waals surface area contributed by atoms with E-state index in [0.29, 0.717) is 5.92 Å². The van der Waals surface area contributed by atoms with Gasteiger partial charge in [-0.25, -0.2) is 8.78 Å². The van der Waals surface area contributed by atoms with Crippen LogP contribution in [0.15, 0.2) is 18.2 Å². The number of rotatable bonds is 4. The fourth-order valence-corrected chi connectivity index (χ4v) is 2.29. The largest absolute Gasteiger partial charge is 0.204 e. The second-order valence-corrected chi connectivity index (χ2v) is 5.00. The lowest BCUT2D eigenvalue weighted by atomic mass is 9.99. The minimum Gasteiger partial charge on any atom is -0.204 e. The summed E-state index contributed by atoms with van der Waals surface area (Å²) in [4.78, 5) is 0.0996. The molecule has 0 N–H and O–H groups in total. The molecule has 0 radical (unpaired) electrons. The van der Waals surface area contributed by atoms with Crippen LogP contribution in [0.3, 0.4) is 0 Å². The van der Waals surface area contributed by atoms with Crippen molar-refractivity contribution in [2.24, 2.45) is 5.92 Å². The second-order valence-electron chi connectivity index (χ2n) is 3.89. The summed E-state index contributed by atoms with van der Waals surface area (Å²) in [6, 6.07) is 4.06. The molecule has 1 aromatic rings. The summed E-state index contributed by atoms with van der Waals surface area (Å²) >= 11 is 3.50. The Morgan fingerprint density at radius 1 is 1.27 bits per heavy atom. The monoisotopic (exact) mass is 276 g/mol. The van der Waals surface area contributed by atoms with Crippen molar-refractivity contribution in [2.45, 2.75) is 31.5 Å². The van der Waals surface area contributed by atoms with E-state index in [1.807, 2.05) is 0 Å². The SMILES string of the molecule is CCC(C)CC(Br)c1ccc(F)c(F)c1. The van der Waals surface area contributed by atoms with Crippen LogP contribution in [-0.4, -0.2) is 0 Å². The molecule has 0 saturated heterocycles. The Labute approximate surface area is 97.8 Å². The summed E-state index contributed by atoms with van der Waals surface area (Å²) in [7, 11) is 0. The number of benzene rings is 1. The number of hydrogen-bond acceptors (Lipinski definition) is 0. The van der Waals surface area contributed by atoms with E-state index in [-0.39, 0.29) is 4.83 Å². The quantitative estimate of drug-likeness (QED) is 0.691. The average Bonchev–Trinajstić information content (AvgIpc) is 2.21. The summed E-state index contributed by atoms with van der Waals surface area (Å²) in [5.74, 6) is -0.995. The molecule has 3 heteroatoms. The predicted molar refractivity (Wildman–Crippen MR) is 62.1 cm³/mol. The normalized spacial score (nSPS) is 15.0. The van der Waals surface area contributed by atoms with E-state index in [4.69, 9.17) is 0 Å². The van der Waals surface area contributed by atoms with E-state index in [1.54, 1.807) is 6.07 Å². The lowest BCUT2D eigenvalue weighted by Gasteiger charge is -2.14. The molecule has 0 bridgehead atoms. The molecule has 0 fully saturated rings.